The van der Waals surface area contributed by atoms with Crippen LogP contribution in [0.3, 0.4) is 0 Å². The zero-order valence-corrected chi connectivity index (χ0v) is 9.00. The molecule has 13 heavy (non-hydrogen) atoms. The van der Waals surface area contributed by atoms with Gasteiger partial charge in [-0.25, -0.2) is 0 Å². The Morgan fingerprint density at radius 3 is 2.69 bits per heavy atom. The van der Waals surface area contributed by atoms with Crippen molar-refractivity contribution >= 4 is 5.91 Å². The molecule has 76 valence electrons. The van der Waals surface area contributed by atoms with Crippen LogP contribution in [0.5, 0.6) is 0 Å². The number of rotatable bonds is 5. The van der Waals surface area contributed by atoms with Crippen LogP contribution in [0.25, 0.3) is 0 Å². The third kappa shape index (κ3) is 4.68. The highest BCUT2D eigenvalue weighted by atomic mass is 16.2. The topological polar surface area (TPSA) is 32.3 Å². The smallest absolute Gasteiger partial charge is 0.239 e. The van der Waals surface area contributed by atoms with Crippen LogP contribution in [0.2, 0.25) is 0 Å². The third-order valence-corrected chi connectivity index (χ3v) is 2.00. The summed E-state index contributed by atoms with van der Waals surface area (Å²) < 4.78 is 0. The van der Waals surface area contributed by atoms with E-state index in [0.717, 1.165) is 13.1 Å². The predicted molar refractivity (Wildman–Crippen MR) is 55.6 cm³/mol. The van der Waals surface area contributed by atoms with Gasteiger partial charge in [0.15, 0.2) is 0 Å². The third-order valence-electron chi connectivity index (χ3n) is 2.00. The number of nitrogens with one attached hydrogen (secondary N) is 1. The highest BCUT2D eigenvalue weighted by molar-refractivity contribution is 5.81. The van der Waals surface area contributed by atoms with Crippen molar-refractivity contribution in [1.82, 2.24) is 10.2 Å². The molecule has 0 heterocycles. The zero-order chi connectivity index (χ0) is 10.3. The summed E-state index contributed by atoms with van der Waals surface area (Å²) in [6.45, 7) is 7.33. The molecule has 0 saturated carbocycles. The average molecular weight is 184 g/mol. The van der Waals surface area contributed by atoms with Gasteiger partial charge in [-0.1, -0.05) is 12.2 Å². The summed E-state index contributed by atoms with van der Waals surface area (Å²) in [6, 6.07) is -0.0962. The molecule has 0 spiro atoms. The summed E-state index contributed by atoms with van der Waals surface area (Å²) in [6.07, 6.45) is 3.96. The SMILES string of the molecule is C/C=C/CNC(C)C(=O)N(C)CC. The Bertz CT molecular complexity index is 178. The minimum Gasteiger partial charge on any atom is -0.345 e. The molecular weight excluding hydrogens is 164 g/mol. The molecule has 1 N–H and O–H groups in total. The molecule has 1 unspecified atom stereocenters. The molecule has 0 aromatic heterocycles. The van der Waals surface area contributed by atoms with Crippen LogP contribution in [0.4, 0.5) is 0 Å². The van der Waals surface area contributed by atoms with Crippen molar-refractivity contribution in [3.63, 3.8) is 0 Å². The molecule has 1 atom stereocenters. The fourth-order valence-corrected chi connectivity index (χ4v) is 0.936. The van der Waals surface area contributed by atoms with E-state index in [1.54, 1.807) is 4.90 Å². The van der Waals surface area contributed by atoms with Gasteiger partial charge < -0.3 is 10.2 Å². The quantitative estimate of drug-likeness (QED) is 0.647. The molecule has 0 radical (unpaired) electrons. The number of hydrogen-bond acceptors (Lipinski definition) is 2. The summed E-state index contributed by atoms with van der Waals surface area (Å²) in [7, 11) is 1.82. The van der Waals surface area contributed by atoms with Gasteiger partial charge in [0.25, 0.3) is 0 Å². The number of allylic oxidation sites excluding steroid dienone is 1. The van der Waals surface area contributed by atoms with Gasteiger partial charge in [0.05, 0.1) is 6.04 Å². The fraction of sp³-hybridized carbons (Fsp3) is 0.700. The highest BCUT2D eigenvalue weighted by Gasteiger charge is 2.14. The lowest BCUT2D eigenvalue weighted by atomic mass is 10.3. The summed E-state index contributed by atoms with van der Waals surface area (Å²) in [5.41, 5.74) is 0. The molecule has 0 saturated heterocycles. The van der Waals surface area contributed by atoms with E-state index >= 15 is 0 Å². The van der Waals surface area contributed by atoms with Crippen LogP contribution in [-0.4, -0.2) is 37.0 Å². The van der Waals surface area contributed by atoms with Crippen molar-refractivity contribution in [1.29, 1.82) is 0 Å². The van der Waals surface area contributed by atoms with Gasteiger partial charge in [-0.15, -0.1) is 0 Å². The monoisotopic (exact) mass is 184 g/mol. The lowest BCUT2D eigenvalue weighted by Crippen LogP contribution is -2.43. The molecule has 1 amide bonds. The van der Waals surface area contributed by atoms with Crippen molar-refractivity contribution in [2.24, 2.45) is 0 Å². The van der Waals surface area contributed by atoms with Crippen molar-refractivity contribution in [2.45, 2.75) is 26.8 Å². The standard InChI is InChI=1S/C10H20N2O/c1-5-7-8-11-9(3)10(13)12(4)6-2/h5,7,9,11H,6,8H2,1-4H3/b7-5+. The van der Waals surface area contributed by atoms with Crippen molar-refractivity contribution in [3.05, 3.63) is 12.2 Å². The Labute approximate surface area is 80.8 Å². The first-order valence-corrected chi connectivity index (χ1v) is 4.73. The van der Waals surface area contributed by atoms with Crippen molar-refractivity contribution < 1.29 is 4.79 Å². The molecule has 3 nitrogen and oxygen atoms in total. The van der Waals surface area contributed by atoms with Crippen LogP contribution in [0.15, 0.2) is 12.2 Å². The molecule has 0 fully saturated rings. The van der Waals surface area contributed by atoms with Gasteiger partial charge in [0.2, 0.25) is 5.91 Å². The second-order valence-electron chi connectivity index (χ2n) is 3.05. The molecule has 0 aliphatic rings. The van der Waals surface area contributed by atoms with Crippen LogP contribution >= 0.6 is 0 Å². The first-order chi connectivity index (χ1) is 6.13. The first-order valence-electron chi connectivity index (χ1n) is 4.73. The maximum atomic E-state index is 11.5. The minimum absolute atomic E-state index is 0.0962. The molecule has 0 aromatic rings. The van der Waals surface area contributed by atoms with Crippen LogP contribution < -0.4 is 5.32 Å². The van der Waals surface area contributed by atoms with E-state index in [0.29, 0.717) is 0 Å². The number of carbonyl (C=O) groups is 1. The van der Waals surface area contributed by atoms with E-state index in [2.05, 4.69) is 5.32 Å². The average Bonchev–Trinajstić information content (AvgIpc) is 2.15. The molecular formula is C10H20N2O. The van der Waals surface area contributed by atoms with E-state index in [9.17, 15) is 4.79 Å². The molecule has 0 aromatic carbocycles. The minimum atomic E-state index is -0.0962. The predicted octanol–water partition coefficient (Wildman–Crippen LogP) is 1.02. The van der Waals surface area contributed by atoms with E-state index < -0.39 is 0 Å². The van der Waals surface area contributed by atoms with Crippen LogP contribution in [0, 0.1) is 0 Å². The molecule has 0 bridgehead atoms. The second-order valence-corrected chi connectivity index (χ2v) is 3.05. The van der Waals surface area contributed by atoms with Gasteiger partial charge in [0.1, 0.15) is 0 Å². The number of carbonyl (C=O) groups excluding carboxylic acids is 1. The summed E-state index contributed by atoms with van der Waals surface area (Å²) in [5, 5.41) is 3.12. The molecule has 0 aliphatic carbocycles. The Kier molecular flexibility index (Phi) is 6.24. The summed E-state index contributed by atoms with van der Waals surface area (Å²) in [4.78, 5) is 13.2. The van der Waals surface area contributed by atoms with Gasteiger partial charge in [-0.05, 0) is 20.8 Å². The first kappa shape index (κ1) is 12.2. The van der Waals surface area contributed by atoms with E-state index in [-0.39, 0.29) is 11.9 Å². The Morgan fingerprint density at radius 1 is 1.62 bits per heavy atom. The number of nitrogens with zero attached hydrogens (tertiary/aromatic N) is 1. The van der Waals surface area contributed by atoms with Crippen LogP contribution in [0.1, 0.15) is 20.8 Å². The summed E-state index contributed by atoms with van der Waals surface area (Å²) in [5.74, 6) is 0.145. The zero-order valence-electron chi connectivity index (χ0n) is 9.00. The highest BCUT2D eigenvalue weighted by Crippen LogP contribution is 1.90. The Morgan fingerprint density at radius 2 is 2.23 bits per heavy atom. The normalized spacial score (nSPS) is 13.2. The Balaban J connectivity index is 3.82. The summed E-state index contributed by atoms with van der Waals surface area (Å²) >= 11 is 0. The lowest BCUT2D eigenvalue weighted by Gasteiger charge is -2.19. The van der Waals surface area contributed by atoms with Gasteiger partial charge >= 0.3 is 0 Å². The molecule has 0 aliphatic heterocycles. The van der Waals surface area contributed by atoms with Gasteiger partial charge in [0, 0.05) is 20.1 Å². The number of likely N-dealkylation sites (N-methyl/N-ethyl adjacent to an activating group) is 1. The van der Waals surface area contributed by atoms with Crippen molar-refractivity contribution in [3.8, 4) is 0 Å². The molecule has 3 heteroatoms. The maximum Gasteiger partial charge on any atom is 0.239 e. The molecule has 0 rings (SSSR count). The maximum absolute atomic E-state index is 11.5. The number of hydrogen-bond donors (Lipinski definition) is 1. The van der Waals surface area contributed by atoms with Gasteiger partial charge in [-0.3, -0.25) is 4.79 Å². The van der Waals surface area contributed by atoms with E-state index in [1.807, 2.05) is 40.0 Å². The second kappa shape index (κ2) is 6.66. The number of amides is 1. The largest absolute Gasteiger partial charge is 0.345 e. The van der Waals surface area contributed by atoms with E-state index in [1.165, 1.54) is 0 Å². The van der Waals surface area contributed by atoms with E-state index in [4.69, 9.17) is 0 Å². The van der Waals surface area contributed by atoms with Crippen molar-refractivity contribution in [2.75, 3.05) is 20.1 Å². The Hall–Kier alpha value is -0.830. The fourth-order valence-electron chi connectivity index (χ4n) is 0.936. The van der Waals surface area contributed by atoms with Gasteiger partial charge in [-0.2, -0.15) is 0 Å². The lowest BCUT2D eigenvalue weighted by molar-refractivity contribution is -0.131. The van der Waals surface area contributed by atoms with Crippen LogP contribution in [-0.2, 0) is 4.79 Å².